The second-order valence-corrected chi connectivity index (χ2v) is 3.81. The average Bonchev–Trinajstić information content (AvgIpc) is 2.07. The van der Waals surface area contributed by atoms with Crippen molar-refractivity contribution >= 4 is 22.6 Å². The molecule has 0 amide bonds. The Bertz CT molecular complexity index is 281. The highest BCUT2D eigenvalue weighted by molar-refractivity contribution is 14.1. The van der Waals surface area contributed by atoms with E-state index < -0.39 is 0 Å². The molecule has 1 rings (SSSR count). The van der Waals surface area contributed by atoms with Crippen molar-refractivity contribution in [2.24, 2.45) is 0 Å². The standard InChI is InChI=1S/C10H10FI/c1-2-3-4-8-7-9(12)5-6-10(8)11/h2,5-7H,1,3-4H2. The lowest BCUT2D eigenvalue weighted by atomic mass is 10.1. The second-order valence-electron chi connectivity index (χ2n) is 2.56. The third kappa shape index (κ3) is 2.59. The zero-order valence-electron chi connectivity index (χ0n) is 6.69. The fourth-order valence-corrected chi connectivity index (χ4v) is 1.55. The van der Waals surface area contributed by atoms with Crippen LogP contribution in [0.15, 0.2) is 30.9 Å². The van der Waals surface area contributed by atoms with Crippen molar-refractivity contribution in [2.45, 2.75) is 12.8 Å². The maximum Gasteiger partial charge on any atom is 0.126 e. The first-order chi connectivity index (χ1) is 5.74. The van der Waals surface area contributed by atoms with Crippen molar-refractivity contribution in [2.75, 3.05) is 0 Å². The van der Waals surface area contributed by atoms with E-state index in [2.05, 4.69) is 29.2 Å². The summed E-state index contributed by atoms with van der Waals surface area (Å²) in [4.78, 5) is 0. The first-order valence-corrected chi connectivity index (χ1v) is 4.86. The van der Waals surface area contributed by atoms with E-state index >= 15 is 0 Å². The molecule has 0 aliphatic carbocycles. The normalized spacial score (nSPS) is 9.83. The number of hydrogen-bond donors (Lipinski definition) is 0. The van der Waals surface area contributed by atoms with Crippen LogP contribution in [0.3, 0.4) is 0 Å². The molecule has 0 nitrogen and oxygen atoms in total. The molecule has 1 aromatic rings. The summed E-state index contributed by atoms with van der Waals surface area (Å²) >= 11 is 2.18. The van der Waals surface area contributed by atoms with Gasteiger partial charge in [-0.2, -0.15) is 0 Å². The Labute approximate surface area is 85.6 Å². The van der Waals surface area contributed by atoms with Gasteiger partial charge in [0.1, 0.15) is 5.82 Å². The SMILES string of the molecule is C=CCCc1cc(I)ccc1F. The molecule has 0 saturated heterocycles. The zero-order chi connectivity index (χ0) is 8.97. The van der Waals surface area contributed by atoms with Gasteiger partial charge in [0.2, 0.25) is 0 Å². The van der Waals surface area contributed by atoms with Crippen LogP contribution in [0.1, 0.15) is 12.0 Å². The predicted octanol–water partition coefficient (Wildman–Crippen LogP) is 3.55. The van der Waals surface area contributed by atoms with Gasteiger partial charge in [-0.05, 0) is 59.2 Å². The molecule has 0 aromatic heterocycles. The molecule has 0 heterocycles. The molecule has 64 valence electrons. The Morgan fingerprint density at radius 2 is 2.25 bits per heavy atom. The summed E-state index contributed by atoms with van der Waals surface area (Å²) in [6.07, 6.45) is 3.38. The number of benzene rings is 1. The van der Waals surface area contributed by atoms with Crippen LogP contribution in [0, 0.1) is 9.39 Å². The Kier molecular flexibility index (Phi) is 3.72. The first-order valence-electron chi connectivity index (χ1n) is 3.79. The topological polar surface area (TPSA) is 0 Å². The van der Waals surface area contributed by atoms with Crippen LogP contribution in [0.2, 0.25) is 0 Å². The minimum atomic E-state index is -0.114. The van der Waals surface area contributed by atoms with E-state index in [0.717, 1.165) is 22.0 Å². The zero-order valence-corrected chi connectivity index (χ0v) is 8.84. The smallest absolute Gasteiger partial charge is 0.126 e. The molecule has 1 aromatic carbocycles. The van der Waals surface area contributed by atoms with Crippen LogP contribution in [0.4, 0.5) is 4.39 Å². The molecule has 2 heteroatoms. The predicted molar refractivity (Wildman–Crippen MR) is 57.6 cm³/mol. The molecule has 0 atom stereocenters. The average molecular weight is 276 g/mol. The molecule has 0 bridgehead atoms. The van der Waals surface area contributed by atoms with E-state index in [4.69, 9.17) is 0 Å². The number of rotatable bonds is 3. The van der Waals surface area contributed by atoms with Gasteiger partial charge in [0, 0.05) is 3.57 Å². The summed E-state index contributed by atoms with van der Waals surface area (Å²) in [5.41, 5.74) is 0.779. The van der Waals surface area contributed by atoms with Crippen molar-refractivity contribution in [3.8, 4) is 0 Å². The van der Waals surface area contributed by atoms with Crippen molar-refractivity contribution in [1.82, 2.24) is 0 Å². The molecular formula is C10H10FI. The molecule has 0 spiro atoms. The fourth-order valence-electron chi connectivity index (χ4n) is 0.992. The van der Waals surface area contributed by atoms with Crippen LogP contribution in [-0.4, -0.2) is 0 Å². The second kappa shape index (κ2) is 4.60. The van der Waals surface area contributed by atoms with E-state index in [9.17, 15) is 4.39 Å². The van der Waals surface area contributed by atoms with Gasteiger partial charge in [0.15, 0.2) is 0 Å². The van der Waals surface area contributed by atoms with E-state index in [-0.39, 0.29) is 5.82 Å². The number of allylic oxidation sites excluding steroid dienone is 1. The Morgan fingerprint density at radius 1 is 1.50 bits per heavy atom. The quantitative estimate of drug-likeness (QED) is 0.585. The minimum absolute atomic E-state index is 0.114. The van der Waals surface area contributed by atoms with E-state index in [1.165, 1.54) is 6.07 Å². The van der Waals surface area contributed by atoms with Gasteiger partial charge in [-0.1, -0.05) is 6.08 Å². The van der Waals surface area contributed by atoms with Gasteiger partial charge in [-0.15, -0.1) is 6.58 Å². The molecule has 0 fully saturated rings. The number of halogens is 2. The molecule has 0 saturated carbocycles. The van der Waals surface area contributed by atoms with E-state index in [1.54, 1.807) is 12.1 Å². The van der Waals surface area contributed by atoms with Crippen LogP contribution in [-0.2, 0) is 6.42 Å². The summed E-state index contributed by atoms with van der Waals surface area (Å²) in [6.45, 7) is 3.60. The minimum Gasteiger partial charge on any atom is -0.207 e. The van der Waals surface area contributed by atoms with Gasteiger partial charge in [0.25, 0.3) is 0 Å². The summed E-state index contributed by atoms with van der Waals surface area (Å²) in [7, 11) is 0. The summed E-state index contributed by atoms with van der Waals surface area (Å²) in [5.74, 6) is -0.114. The third-order valence-electron chi connectivity index (χ3n) is 1.63. The Morgan fingerprint density at radius 3 is 2.92 bits per heavy atom. The lowest BCUT2D eigenvalue weighted by Gasteiger charge is -2.00. The maximum absolute atomic E-state index is 13.1. The Balaban J connectivity index is 2.82. The van der Waals surface area contributed by atoms with Crippen molar-refractivity contribution < 1.29 is 4.39 Å². The number of hydrogen-bond acceptors (Lipinski definition) is 0. The summed E-state index contributed by atoms with van der Waals surface area (Å²) in [5, 5.41) is 0. The molecule has 0 aliphatic rings. The molecule has 0 radical (unpaired) electrons. The van der Waals surface area contributed by atoms with Crippen LogP contribution >= 0.6 is 22.6 Å². The van der Waals surface area contributed by atoms with Gasteiger partial charge in [-0.3, -0.25) is 0 Å². The fraction of sp³-hybridized carbons (Fsp3) is 0.200. The van der Waals surface area contributed by atoms with Gasteiger partial charge in [-0.25, -0.2) is 4.39 Å². The van der Waals surface area contributed by atoms with Gasteiger partial charge in [0.05, 0.1) is 0 Å². The molecule has 0 aliphatic heterocycles. The van der Waals surface area contributed by atoms with E-state index in [0.29, 0.717) is 0 Å². The van der Waals surface area contributed by atoms with Crippen molar-refractivity contribution in [3.63, 3.8) is 0 Å². The third-order valence-corrected chi connectivity index (χ3v) is 2.30. The summed E-state index contributed by atoms with van der Waals surface area (Å²) in [6, 6.07) is 5.16. The van der Waals surface area contributed by atoms with Crippen molar-refractivity contribution in [3.05, 3.63) is 45.8 Å². The van der Waals surface area contributed by atoms with Gasteiger partial charge >= 0.3 is 0 Å². The van der Waals surface area contributed by atoms with Crippen LogP contribution in [0.5, 0.6) is 0 Å². The molecule has 12 heavy (non-hydrogen) atoms. The Hall–Kier alpha value is -0.380. The molecule has 0 unspecified atom stereocenters. The monoisotopic (exact) mass is 276 g/mol. The van der Waals surface area contributed by atoms with Gasteiger partial charge < -0.3 is 0 Å². The lowest BCUT2D eigenvalue weighted by Crippen LogP contribution is -1.90. The van der Waals surface area contributed by atoms with Crippen LogP contribution in [0.25, 0.3) is 0 Å². The van der Waals surface area contributed by atoms with Crippen molar-refractivity contribution in [1.29, 1.82) is 0 Å². The number of aryl methyl sites for hydroxylation is 1. The molecular weight excluding hydrogens is 266 g/mol. The van der Waals surface area contributed by atoms with E-state index in [1.807, 2.05) is 6.07 Å². The highest BCUT2D eigenvalue weighted by Gasteiger charge is 2.00. The largest absolute Gasteiger partial charge is 0.207 e. The highest BCUT2D eigenvalue weighted by Crippen LogP contribution is 2.14. The lowest BCUT2D eigenvalue weighted by molar-refractivity contribution is 0.609. The first kappa shape index (κ1) is 9.71. The molecule has 0 N–H and O–H groups in total. The van der Waals surface area contributed by atoms with Crippen LogP contribution < -0.4 is 0 Å². The highest BCUT2D eigenvalue weighted by atomic mass is 127. The summed E-state index contributed by atoms with van der Waals surface area (Å²) < 4.78 is 14.1. The maximum atomic E-state index is 13.1.